The Kier molecular flexibility index (Phi) is 2.76. The number of carbonyl (C=O) groups is 1. The van der Waals surface area contributed by atoms with Crippen molar-refractivity contribution in [1.82, 2.24) is 0 Å². The molecule has 2 nitrogen and oxygen atoms in total. The summed E-state index contributed by atoms with van der Waals surface area (Å²) in [6, 6.07) is 0. The molecule has 0 saturated heterocycles. The lowest BCUT2D eigenvalue weighted by Crippen LogP contribution is -2.27. The third kappa shape index (κ3) is 2.23. The number of hydrogen-bond acceptors (Lipinski definition) is 2. The molecule has 1 saturated carbocycles. The SMILES string of the molecule is CCC1CCC(C)(OC(C)=O)C1. The summed E-state index contributed by atoms with van der Waals surface area (Å²) in [5.74, 6) is 0.614. The van der Waals surface area contributed by atoms with E-state index in [9.17, 15) is 4.79 Å². The average molecular weight is 170 g/mol. The number of carbonyl (C=O) groups excluding carboxylic acids is 1. The Morgan fingerprint density at radius 1 is 1.67 bits per heavy atom. The summed E-state index contributed by atoms with van der Waals surface area (Å²) < 4.78 is 5.29. The van der Waals surface area contributed by atoms with Crippen molar-refractivity contribution in [1.29, 1.82) is 0 Å². The standard InChI is InChI=1S/C10H18O2/c1-4-9-5-6-10(3,7-9)12-8(2)11/h9H,4-7H2,1-3H3. The van der Waals surface area contributed by atoms with Crippen LogP contribution in [0.15, 0.2) is 0 Å². The van der Waals surface area contributed by atoms with E-state index >= 15 is 0 Å². The summed E-state index contributed by atoms with van der Waals surface area (Å²) in [6.07, 6.45) is 4.49. The Morgan fingerprint density at radius 3 is 2.75 bits per heavy atom. The van der Waals surface area contributed by atoms with E-state index in [0.29, 0.717) is 0 Å². The van der Waals surface area contributed by atoms with Gasteiger partial charge >= 0.3 is 5.97 Å². The number of hydrogen-bond donors (Lipinski definition) is 0. The van der Waals surface area contributed by atoms with Crippen LogP contribution in [0.3, 0.4) is 0 Å². The fraction of sp³-hybridized carbons (Fsp3) is 0.900. The number of esters is 1. The average Bonchev–Trinajstić information content (AvgIpc) is 2.30. The zero-order valence-electron chi connectivity index (χ0n) is 8.22. The molecule has 1 aliphatic carbocycles. The molecule has 2 heteroatoms. The molecule has 1 rings (SSSR count). The van der Waals surface area contributed by atoms with Crippen LogP contribution in [0.25, 0.3) is 0 Å². The van der Waals surface area contributed by atoms with Crippen molar-refractivity contribution >= 4 is 5.97 Å². The summed E-state index contributed by atoms with van der Waals surface area (Å²) in [7, 11) is 0. The predicted molar refractivity (Wildman–Crippen MR) is 47.8 cm³/mol. The minimum Gasteiger partial charge on any atom is -0.460 e. The van der Waals surface area contributed by atoms with Gasteiger partial charge in [0, 0.05) is 6.92 Å². The fourth-order valence-corrected chi connectivity index (χ4v) is 2.11. The molecule has 70 valence electrons. The van der Waals surface area contributed by atoms with Crippen molar-refractivity contribution in [3.8, 4) is 0 Å². The van der Waals surface area contributed by atoms with Gasteiger partial charge in [0.25, 0.3) is 0 Å². The molecule has 0 aliphatic heterocycles. The molecule has 0 aromatic heterocycles. The van der Waals surface area contributed by atoms with Gasteiger partial charge in [-0.05, 0) is 32.1 Å². The predicted octanol–water partition coefficient (Wildman–Crippen LogP) is 2.52. The van der Waals surface area contributed by atoms with Crippen LogP contribution in [-0.4, -0.2) is 11.6 Å². The van der Waals surface area contributed by atoms with Crippen molar-refractivity contribution in [2.24, 2.45) is 5.92 Å². The third-order valence-electron chi connectivity index (χ3n) is 2.77. The van der Waals surface area contributed by atoms with Gasteiger partial charge in [0.15, 0.2) is 0 Å². The van der Waals surface area contributed by atoms with Crippen LogP contribution in [0.5, 0.6) is 0 Å². The molecule has 0 aromatic carbocycles. The van der Waals surface area contributed by atoms with Crippen LogP contribution in [0, 0.1) is 5.92 Å². The largest absolute Gasteiger partial charge is 0.460 e. The first-order chi connectivity index (χ1) is 5.56. The Labute approximate surface area is 74.3 Å². The van der Waals surface area contributed by atoms with Gasteiger partial charge in [-0.2, -0.15) is 0 Å². The van der Waals surface area contributed by atoms with E-state index in [1.807, 2.05) is 6.92 Å². The first-order valence-electron chi connectivity index (χ1n) is 4.75. The Morgan fingerprint density at radius 2 is 2.33 bits per heavy atom. The van der Waals surface area contributed by atoms with E-state index in [2.05, 4.69) is 6.92 Å². The highest BCUT2D eigenvalue weighted by molar-refractivity contribution is 5.66. The highest BCUT2D eigenvalue weighted by Gasteiger charge is 2.36. The van der Waals surface area contributed by atoms with E-state index in [4.69, 9.17) is 4.74 Å². The molecule has 12 heavy (non-hydrogen) atoms. The molecule has 2 unspecified atom stereocenters. The maximum absolute atomic E-state index is 10.8. The Hall–Kier alpha value is -0.530. The molecule has 0 spiro atoms. The van der Waals surface area contributed by atoms with Crippen LogP contribution in [0.4, 0.5) is 0 Å². The first kappa shape index (κ1) is 9.56. The molecule has 2 atom stereocenters. The van der Waals surface area contributed by atoms with Gasteiger partial charge in [-0.3, -0.25) is 4.79 Å². The van der Waals surface area contributed by atoms with Crippen LogP contribution in [0.2, 0.25) is 0 Å². The molecular formula is C10H18O2. The second-order valence-electron chi connectivity index (χ2n) is 4.06. The van der Waals surface area contributed by atoms with Gasteiger partial charge < -0.3 is 4.74 Å². The topological polar surface area (TPSA) is 26.3 Å². The van der Waals surface area contributed by atoms with E-state index in [1.54, 1.807) is 0 Å². The monoisotopic (exact) mass is 170 g/mol. The maximum atomic E-state index is 10.8. The fourth-order valence-electron chi connectivity index (χ4n) is 2.11. The van der Waals surface area contributed by atoms with E-state index < -0.39 is 0 Å². The second kappa shape index (κ2) is 3.46. The van der Waals surface area contributed by atoms with Crippen LogP contribution in [-0.2, 0) is 9.53 Å². The van der Waals surface area contributed by atoms with Crippen molar-refractivity contribution in [2.45, 2.75) is 52.1 Å². The van der Waals surface area contributed by atoms with Gasteiger partial charge in [-0.15, -0.1) is 0 Å². The van der Waals surface area contributed by atoms with Crippen molar-refractivity contribution in [3.05, 3.63) is 0 Å². The van der Waals surface area contributed by atoms with E-state index in [-0.39, 0.29) is 11.6 Å². The van der Waals surface area contributed by atoms with Crippen molar-refractivity contribution < 1.29 is 9.53 Å². The summed E-state index contributed by atoms with van der Waals surface area (Å²) >= 11 is 0. The lowest BCUT2D eigenvalue weighted by atomic mass is 10.0. The highest BCUT2D eigenvalue weighted by Crippen LogP contribution is 2.38. The zero-order valence-corrected chi connectivity index (χ0v) is 8.22. The maximum Gasteiger partial charge on any atom is 0.303 e. The molecule has 1 aliphatic rings. The second-order valence-corrected chi connectivity index (χ2v) is 4.06. The van der Waals surface area contributed by atoms with Gasteiger partial charge in [-0.1, -0.05) is 13.3 Å². The highest BCUT2D eigenvalue weighted by atomic mass is 16.6. The molecule has 0 aromatic rings. The lowest BCUT2D eigenvalue weighted by Gasteiger charge is -2.23. The molecule has 1 fully saturated rings. The van der Waals surface area contributed by atoms with Gasteiger partial charge in [-0.25, -0.2) is 0 Å². The summed E-state index contributed by atoms with van der Waals surface area (Å²) in [6.45, 7) is 5.73. The third-order valence-corrected chi connectivity index (χ3v) is 2.77. The minimum absolute atomic E-state index is 0.144. The minimum atomic E-state index is -0.160. The van der Waals surface area contributed by atoms with Gasteiger partial charge in [0.1, 0.15) is 5.60 Å². The quantitative estimate of drug-likeness (QED) is 0.595. The zero-order chi connectivity index (χ0) is 9.19. The molecule has 0 radical (unpaired) electrons. The normalized spacial score (nSPS) is 35.1. The van der Waals surface area contributed by atoms with Crippen LogP contribution >= 0.6 is 0 Å². The molecule has 0 heterocycles. The summed E-state index contributed by atoms with van der Waals surface area (Å²) in [5.41, 5.74) is -0.160. The lowest BCUT2D eigenvalue weighted by molar-refractivity contribution is -0.154. The van der Waals surface area contributed by atoms with Gasteiger partial charge in [0.05, 0.1) is 0 Å². The van der Waals surface area contributed by atoms with Gasteiger partial charge in [0.2, 0.25) is 0 Å². The number of rotatable bonds is 2. The number of ether oxygens (including phenoxy) is 1. The summed E-state index contributed by atoms with van der Waals surface area (Å²) in [4.78, 5) is 10.8. The molecule has 0 bridgehead atoms. The molecule has 0 amide bonds. The van der Waals surface area contributed by atoms with Crippen LogP contribution in [0.1, 0.15) is 46.5 Å². The van der Waals surface area contributed by atoms with E-state index in [1.165, 1.54) is 19.8 Å². The first-order valence-corrected chi connectivity index (χ1v) is 4.75. The summed E-state index contributed by atoms with van der Waals surface area (Å²) in [5, 5.41) is 0. The van der Waals surface area contributed by atoms with Crippen molar-refractivity contribution in [2.75, 3.05) is 0 Å². The van der Waals surface area contributed by atoms with Crippen molar-refractivity contribution in [3.63, 3.8) is 0 Å². The Bertz CT molecular complexity index is 177. The smallest absolute Gasteiger partial charge is 0.303 e. The Balaban J connectivity index is 2.46. The molecular weight excluding hydrogens is 152 g/mol. The van der Waals surface area contributed by atoms with Crippen LogP contribution < -0.4 is 0 Å². The van der Waals surface area contributed by atoms with E-state index in [0.717, 1.165) is 18.8 Å². The molecule has 0 N–H and O–H groups in total.